The lowest BCUT2D eigenvalue weighted by atomic mass is 10.00. The van der Waals surface area contributed by atoms with Gasteiger partial charge in [0.2, 0.25) is 0 Å². The van der Waals surface area contributed by atoms with E-state index in [1.54, 1.807) is 0 Å². The van der Waals surface area contributed by atoms with Gasteiger partial charge in [-0.15, -0.1) is 0 Å². The summed E-state index contributed by atoms with van der Waals surface area (Å²) in [6, 6.07) is 5.88. The maximum atomic E-state index is 3.59. The first kappa shape index (κ1) is 13.6. The molecular weight excluding hydrogens is 220 g/mol. The number of hydrogen-bond donors (Lipinski definition) is 1. The van der Waals surface area contributed by atoms with Crippen molar-refractivity contribution in [3.05, 3.63) is 34.4 Å². The van der Waals surface area contributed by atoms with Gasteiger partial charge in [0.05, 0.1) is 0 Å². The maximum absolute atomic E-state index is 3.59. The SMILES string of the molecule is Cc1cc(C)c(CN2CC(C)NC(C)C2)cc1C. The Morgan fingerprint density at radius 1 is 1.00 bits per heavy atom. The van der Waals surface area contributed by atoms with Crippen LogP contribution >= 0.6 is 0 Å². The van der Waals surface area contributed by atoms with Gasteiger partial charge in [0, 0.05) is 31.7 Å². The number of hydrogen-bond acceptors (Lipinski definition) is 2. The molecule has 0 radical (unpaired) electrons. The number of aryl methyl sites for hydroxylation is 3. The van der Waals surface area contributed by atoms with Crippen molar-refractivity contribution in [1.29, 1.82) is 0 Å². The van der Waals surface area contributed by atoms with Gasteiger partial charge in [0.1, 0.15) is 0 Å². The smallest absolute Gasteiger partial charge is 0.0237 e. The zero-order valence-electron chi connectivity index (χ0n) is 12.4. The highest BCUT2D eigenvalue weighted by Crippen LogP contribution is 2.18. The molecule has 1 N–H and O–H groups in total. The Morgan fingerprint density at radius 2 is 1.56 bits per heavy atom. The van der Waals surface area contributed by atoms with E-state index in [4.69, 9.17) is 0 Å². The summed E-state index contributed by atoms with van der Waals surface area (Å²) < 4.78 is 0. The minimum Gasteiger partial charge on any atom is -0.309 e. The molecule has 2 rings (SSSR count). The van der Waals surface area contributed by atoms with Gasteiger partial charge in [0.15, 0.2) is 0 Å². The van der Waals surface area contributed by atoms with Crippen molar-refractivity contribution in [2.75, 3.05) is 13.1 Å². The van der Waals surface area contributed by atoms with Gasteiger partial charge in [-0.05, 0) is 56.9 Å². The van der Waals surface area contributed by atoms with Crippen LogP contribution in [0.3, 0.4) is 0 Å². The van der Waals surface area contributed by atoms with Crippen LogP contribution in [0.5, 0.6) is 0 Å². The highest BCUT2D eigenvalue weighted by atomic mass is 15.2. The van der Waals surface area contributed by atoms with Gasteiger partial charge >= 0.3 is 0 Å². The Labute approximate surface area is 111 Å². The van der Waals surface area contributed by atoms with Gasteiger partial charge < -0.3 is 5.32 Å². The molecule has 2 nitrogen and oxygen atoms in total. The first-order valence-electron chi connectivity index (χ1n) is 7.01. The molecule has 1 saturated heterocycles. The van der Waals surface area contributed by atoms with Crippen LogP contribution in [0.4, 0.5) is 0 Å². The van der Waals surface area contributed by atoms with Crippen LogP contribution in [-0.4, -0.2) is 30.1 Å². The molecule has 1 heterocycles. The van der Waals surface area contributed by atoms with E-state index in [1.165, 1.54) is 22.3 Å². The summed E-state index contributed by atoms with van der Waals surface area (Å²) in [5.74, 6) is 0. The lowest BCUT2D eigenvalue weighted by Crippen LogP contribution is -2.53. The standard InChI is InChI=1S/C16H26N2/c1-11-6-13(3)16(7-12(11)2)10-18-8-14(4)17-15(5)9-18/h6-7,14-15,17H,8-10H2,1-5H3. The maximum Gasteiger partial charge on any atom is 0.0237 e. The average molecular weight is 246 g/mol. The molecule has 1 aliphatic heterocycles. The summed E-state index contributed by atoms with van der Waals surface area (Å²) in [4.78, 5) is 2.57. The highest BCUT2D eigenvalue weighted by Gasteiger charge is 2.21. The topological polar surface area (TPSA) is 15.3 Å². The molecule has 0 aliphatic carbocycles. The number of nitrogens with zero attached hydrogens (tertiary/aromatic N) is 1. The van der Waals surface area contributed by atoms with E-state index in [1.807, 2.05) is 0 Å². The van der Waals surface area contributed by atoms with Crippen molar-refractivity contribution in [2.24, 2.45) is 0 Å². The van der Waals surface area contributed by atoms with E-state index in [0.29, 0.717) is 12.1 Å². The van der Waals surface area contributed by atoms with Crippen molar-refractivity contribution in [3.63, 3.8) is 0 Å². The molecule has 0 bridgehead atoms. The predicted octanol–water partition coefficient (Wildman–Crippen LogP) is 2.79. The lowest BCUT2D eigenvalue weighted by molar-refractivity contribution is 0.166. The third kappa shape index (κ3) is 3.12. The number of nitrogens with one attached hydrogen (secondary N) is 1. The van der Waals surface area contributed by atoms with E-state index in [0.717, 1.165) is 19.6 Å². The molecule has 0 spiro atoms. The molecule has 2 atom stereocenters. The van der Waals surface area contributed by atoms with Crippen LogP contribution in [0.1, 0.15) is 36.1 Å². The van der Waals surface area contributed by atoms with Crippen molar-refractivity contribution in [2.45, 2.75) is 53.2 Å². The molecule has 1 aromatic rings. The summed E-state index contributed by atoms with van der Waals surface area (Å²) >= 11 is 0. The van der Waals surface area contributed by atoms with Crippen LogP contribution in [0, 0.1) is 20.8 Å². The first-order valence-corrected chi connectivity index (χ1v) is 7.01. The second-order valence-electron chi connectivity index (χ2n) is 6.03. The monoisotopic (exact) mass is 246 g/mol. The quantitative estimate of drug-likeness (QED) is 0.863. The Kier molecular flexibility index (Phi) is 4.08. The fourth-order valence-corrected chi connectivity index (χ4v) is 3.00. The lowest BCUT2D eigenvalue weighted by Gasteiger charge is -2.36. The molecule has 0 aromatic heterocycles. The Morgan fingerprint density at radius 3 is 2.17 bits per heavy atom. The molecule has 18 heavy (non-hydrogen) atoms. The highest BCUT2D eigenvalue weighted by molar-refractivity contribution is 5.36. The third-order valence-corrected chi connectivity index (χ3v) is 3.98. The van der Waals surface area contributed by atoms with E-state index in [2.05, 4.69) is 57.0 Å². The summed E-state index contributed by atoms with van der Waals surface area (Å²) in [6.07, 6.45) is 0. The fourth-order valence-electron chi connectivity index (χ4n) is 3.00. The minimum atomic E-state index is 0.598. The number of rotatable bonds is 2. The van der Waals surface area contributed by atoms with Crippen LogP contribution in [0.2, 0.25) is 0 Å². The molecule has 2 unspecified atom stereocenters. The van der Waals surface area contributed by atoms with Crippen LogP contribution in [0.15, 0.2) is 12.1 Å². The van der Waals surface area contributed by atoms with Crippen LogP contribution in [-0.2, 0) is 6.54 Å². The van der Waals surface area contributed by atoms with E-state index in [9.17, 15) is 0 Å². The fraction of sp³-hybridized carbons (Fsp3) is 0.625. The van der Waals surface area contributed by atoms with Crippen molar-refractivity contribution >= 4 is 0 Å². The number of piperazine rings is 1. The zero-order valence-corrected chi connectivity index (χ0v) is 12.4. The average Bonchev–Trinajstić information content (AvgIpc) is 2.24. The molecule has 1 fully saturated rings. The molecular formula is C16H26N2. The van der Waals surface area contributed by atoms with Crippen molar-refractivity contribution in [1.82, 2.24) is 10.2 Å². The van der Waals surface area contributed by atoms with Crippen molar-refractivity contribution in [3.8, 4) is 0 Å². The van der Waals surface area contributed by atoms with Gasteiger partial charge in [-0.1, -0.05) is 12.1 Å². The third-order valence-electron chi connectivity index (χ3n) is 3.98. The van der Waals surface area contributed by atoms with Gasteiger partial charge in [-0.3, -0.25) is 4.90 Å². The molecule has 1 aromatic carbocycles. The van der Waals surface area contributed by atoms with Crippen molar-refractivity contribution < 1.29 is 0 Å². The van der Waals surface area contributed by atoms with Crippen LogP contribution < -0.4 is 5.32 Å². The molecule has 0 saturated carbocycles. The molecule has 2 heteroatoms. The van der Waals surface area contributed by atoms with E-state index >= 15 is 0 Å². The molecule has 1 aliphatic rings. The molecule has 100 valence electrons. The summed E-state index contributed by atoms with van der Waals surface area (Å²) in [7, 11) is 0. The second kappa shape index (κ2) is 5.41. The summed E-state index contributed by atoms with van der Waals surface area (Å²) in [6.45, 7) is 14.6. The predicted molar refractivity (Wildman–Crippen MR) is 78.0 cm³/mol. The molecule has 0 amide bonds. The van der Waals surface area contributed by atoms with Gasteiger partial charge in [-0.2, -0.15) is 0 Å². The van der Waals surface area contributed by atoms with E-state index < -0.39 is 0 Å². The second-order valence-corrected chi connectivity index (χ2v) is 6.03. The normalized spacial score (nSPS) is 25.4. The zero-order chi connectivity index (χ0) is 13.3. The van der Waals surface area contributed by atoms with Gasteiger partial charge in [-0.25, -0.2) is 0 Å². The van der Waals surface area contributed by atoms with E-state index in [-0.39, 0.29) is 0 Å². The Hall–Kier alpha value is -0.860. The first-order chi connectivity index (χ1) is 8.45. The Bertz CT molecular complexity index is 415. The Balaban J connectivity index is 2.11. The van der Waals surface area contributed by atoms with Gasteiger partial charge in [0.25, 0.3) is 0 Å². The summed E-state index contributed by atoms with van der Waals surface area (Å²) in [5.41, 5.74) is 5.72. The summed E-state index contributed by atoms with van der Waals surface area (Å²) in [5, 5.41) is 3.59. The number of benzene rings is 1. The largest absolute Gasteiger partial charge is 0.309 e. The van der Waals surface area contributed by atoms with Crippen LogP contribution in [0.25, 0.3) is 0 Å². The minimum absolute atomic E-state index is 0.598.